The average Bonchev–Trinajstić information content (AvgIpc) is 2.26. The van der Waals surface area contributed by atoms with Gasteiger partial charge < -0.3 is 14.9 Å². The summed E-state index contributed by atoms with van der Waals surface area (Å²) in [5, 5.41) is 5.96. The van der Waals surface area contributed by atoms with E-state index in [4.69, 9.17) is 14.9 Å². The number of nitrogens with two attached hydrogens (primary N) is 1. The minimum atomic E-state index is -1.10. The molecule has 2 N–H and O–H groups in total. The molecule has 19 heavy (non-hydrogen) atoms. The van der Waals surface area contributed by atoms with Crippen molar-refractivity contribution in [3.8, 4) is 0 Å². The van der Waals surface area contributed by atoms with Crippen molar-refractivity contribution in [3.05, 3.63) is 0 Å². The minimum absolute atomic E-state index is 0.303. The first-order valence-corrected chi connectivity index (χ1v) is 8.50. The molecule has 1 heterocycles. The first kappa shape index (κ1) is 16.0. The Labute approximate surface area is 115 Å². The molecule has 0 bridgehead atoms. The summed E-state index contributed by atoms with van der Waals surface area (Å²) in [5.41, 5.74) is -0.588. The molecule has 7 heteroatoms. The van der Waals surface area contributed by atoms with E-state index in [-0.39, 0.29) is 5.97 Å². The van der Waals surface area contributed by atoms with Crippen LogP contribution in [-0.2, 0) is 14.3 Å². The highest BCUT2D eigenvalue weighted by molar-refractivity contribution is 6.56. The molecule has 0 aromatic rings. The van der Waals surface area contributed by atoms with Gasteiger partial charge in [-0.1, -0.05) is 0 Å². The molecule has 0 spiro atoms. The smallest absolute Gasteiger partial charge is 0.410 e. The molecule has 1 fully saturated rings. The Morgan fingerprint density at radius 2 is 2.05 bits per heavy atom. The Hall–Kier alpha value is -1.08. The second kappa shape index (κ2) is 6.38. The van der Waals surface area contributed by atoms with Gasteiger partial charge in [-0.15, -0.1) is 0 Å². The third-order valence-corrected chi connectivity index (χ3v) is 4.35. The second-order valence-corrected chi connectivity index (χ2v) is 7.71. The third-order valence-electron chi connectivity index (χ3n) is 2.68. The van der Waals surface area contributed by atoms with Crippen molar-refractivity contribution in [1.29, 1.82) is 0 Å². The number of ether oxygens (including phenoxy) is 2. The van der Waals surface area contributed by atoms with Crippen molar-refractivity contribution in [2.75, 3.05) is 12.8 Å². The van der Waals surface area contributed by atoms with Crippen LogP contribution in [0, 0.1) is 0 Å². The Morgan fingerprint density at radius 1 is 1.42 bits per heavy atom. The normalized spacial score (nSPS) is 21.1. The Morgan fingerprint density at radius 3 is 2.58 bits per heavy atom. The van der Waals surface area contributed by atoms with E-state index in [0.29, 0.717) is 19.2 Å². The summed E-state index contributed by atoms with van der Waals surface area (Å²) in [5.74, 6) is -0.372. The highest BCUT2D eigenvalue weighted by Gasteiger charge is 2.38. The first-order chi connectivity index (χ1) is 8.74. The molecule has 1 aliphatic rings. The third kappa shape index (κ3) is 4.83. The molecule has 0 aromatic heterocycles. The van der Waals surface area contributed by atoms with Gasteiger partial charge in [0.1, 0.15) is 11.6 Å². The van der Waals surface area contributed by atoms with E-state index < -0.39 is 26.7 Å². The van der Waals surface area contributed by atoms with E-state index in [1.165, 1.54) is 4.90 Å². The molecule has 109 valence electrons. The quantitative estimate of drug-likeness (QED) is 0.606. The van der Waals surface area contributed by atoms with Crippen LogP contribution in [-0.4, -0.2) is 50.3 Å². The average molecular weight is 287 g/mol. The van der Waals surface area contributed by atoms with Crippen molar-refractivity contribution in [2.24, 2.45) is 5.40 Å². The van der Waals surface area contributed by atoms with Crippen LogP contribution in [0.5, 0.6) is 0 Å². The van der Waals surface area contributed by atoms with Crippen LogP contribution in [0.4, 0.5) is 4.79 Å². The van der Waals surface area contributed by atoms with Crippen molar-refractivity contribution in [3.63, 3.8) is 0 Å². The number of nitrogens with zero attached hydrogens (tertiary/aromatic N) is 1. The zero-order valence-corrected chi connectivity index (χ0v) is 13.1. The van der Waals surface area contributed by atoms with E-state index in [0.717, 1.165) is 6.04 Å². The lowest BCUT2D eigenvalue weighted by atomic mass is 10.2. The molecule has 1 rings (SSSR count). The minimum Gasteiger partial charge on any atom is -0.464 e. The topological polar surface area (TPSA) is 81.9 Å². The van der Waals surface area contributed by atoms with Gasteiger partial charge in [0.05, 0.1) is 6.61 Å². The van der Waals surface area contributed by atoms with Crippen molar-refractivity contribution in [2.45, 2.75) is 51.8 Å². The summed E-state index contributed by atoms with van der Waals surface area (Å²) in [4.78, 5) is 25.5. The van der Waals surface area contributed by atoms with Gasteiger partial charge in [0.25, 0.3) is 0 Å². The fourth-order valence-corrected chi connectivity index (χ4v) is 3.47. The molecule has 0 aliphatic carbocycles. The zero-order valence-electron chi connectivity index (χ0n) is 12.1. The molecule has 0 unspecified atom stereocenters. The van der Waals surface area contributed by atoms with Gasteiger partial charge in [0, 0.05) is 6.17 Å². The Balaban J connectivity index is 2.78. The maximum atomic E-state index is 12.1. The van der Waals surface area contributed by atoms with Crippen LogP contribution < -0.4 is 5.40 Å². The molecule has 1 amide bonds. The number of hydrogen-bond donors (Lipinski definition) is 1. The van der Waals surface area contributed by atoms with Gasteiger partial charge in [0.2, 0.25) is 0 Å². The highest BCUT2D eigenvalue weighted by atomic mass is 28.3. The number of esters is 1. The van der Waals surface area contributed by atoms with E-state index in [9.17, 15) is 9.59 Å². The van der Waals surface area contributed by atoms with E-state index in [1.54, 1.807) is 27.7 Å². The zero-order chi connectivity index (χ0) is 14.6. The number of amides is 1. The largest absolute Gasteiger partial charge is 0.464 e. The summed E-state index contributed by atoms with van der Waals surface area (Å²) in [6, 6.07) is 0.236. The Kier molecular flexibility index (Phi) is 5.36. The van der Waals surface area contributed by atoms with Gasteiger partial charge in [-0.2, -0.15) is 0 Å². The number of hydrogen-bond acceptors (Lipinski definition) is 5. The number of carbonyl (C=O) groups is 2. The molecule has 0 aromatic carbocycles. The SMILES string of the molecule is CCOC(=O)[C@H]1CC[Si](N)CN1C(=O)OC(C)(C)C. The summed E-state index contributed by atoms with van der Waals surface area (Å²) in [6.07, 6.45) is 0.490. The van der Waals surface area contributed by atoms with Crippen molar-refractivity contribution in [1.82, 2.24) is 4.90 Å². The van der Waals surface area contributed by atoms with Gasteiger partial charge >= 0.3 is 12.1 Å². The van der Waals surface area contributed by atoms with E-state index in [2.05, 4.69) is 0 Å². The van der Waals surface area contributed by atoms with Crippen LogP contribution in [0.25, 0.3) is 0 Å². The summed E-state index contributed by atoms with van der Waals surface area (Å²) >= 11 is 0. The van der Waals surface area contributed by atoms with Crippen molar-refractivity contribution >= 4 is 21.0 Å². The van der Waals surface area contributed by atoms with Gasteiger partial charge in [-0.05, 0) is 40.2 Å². The van der Waals surface area contributed by atoms with Gasteiger partial charge in [0.15, 0.2) is 8.96 Å². The molecule has 1 aliphatic heterocycles. The molecule has 1 atom stereocenters. The predicted molar refractivity (Wildman–Crippen MR) is 72.7 cm³/mol. The van der Waals surface area contributed by atoms with Crippen LogP contribution in [0.1, 0.15) is 34.1 Å². The van der Waals surface area contributed by atoms with Crippen LogP contribution in [0.15, 0.2) is 0 Å². The number of rotatable bonds is 2. The summed E-state index contributed by atoms with van der Waals surface area (Å²) < 4.78 is 10.3. The lowest BCUT2D eigenvalue weighted by Gasteiger charge is -2.36. The highest BCUT2D eigenvalue weighted by Crippen LogP contribution is 2.20. The Bertz CT molecular complexity index is 343. The van der Waals surface area contributed by atoms with Crippen LogP contribution in [0.2, 0.25) is 6.04 Å². The monoisotopic (exact) mass is 287 g/mol. The molecule has 6 nitrogen and oxygen atoms in total. The molecule has 1 saturated heterocycles. The molecule has 1 radical (unpaired) electrons. The van der Waals surface area contributed by atoms with E-state index in [1.807, 2.05) is 0 Å². The standard InChI is InChI=1S/C12H23N2O4Si/c1-5-17-10(15)9-6-7-19(13)8-14(9)11(16)18-12(2,3)4/h9H,5-8,13H2,1-4H3/t9-/m1/s1. The van der Waals surface area contributed by atoms with Crippen molar-refractivity contribution < 1.29 is 19.1 Å². The molecular formula is C12H23N2O4Si. The predicted octanol–water partition coefficient (Wildman–Crippen LogP) is 1.05. The van der Waals surface area contributed by atoms with Crippen LogP contribution in [0.3, 0.4) is 0 Å². The maximum absolute atomic E-state index is 12.1. The maximum Gasteiger partial charge on any atom is 0.410 e. The van der Waals surface area contributed by atoms with Crippen LogP contribution >= 0.6 is 0 Å². The fraction of sp³-hybridized carbons (Fsp3) is 0.833. The van der Waals surface area contributed by atoms with Gasteiger partial charge in [-0.3, -0.25) is 4.90 Å². The molecule has 0 saturated carbocycles. The molecular weight excluding hydrogens is 264 g/mol. The van der Waals surface area contributed by atoms with Gasteiger partial charge in [-0.25, -0.2) is 9.59 Å². The van der Waals surface area contributed by atoms with E-state index >= 15 is 0 Å². The fourth-order valence-electron chi connectivity index (χ4n) is 1.88. The summed E-state index contributed by atoms with van der Waals surface area (Å²) in [7, 11) is -1.10. The lowest BCUT2D eigenvalue weighted by molar-refractivity contribution is -0.149. The lowest BCUT2D eigenvalue weighted by Crippen LogP contribution is -2.57. The number of carbonyl (C=O) groups excluding carboxylic acids is 2. The first-order valence-electron chi connectivity index (χ1n) is 6.51. The summed E-state index contributed by atoms with van der Waals surface area (Å²) in [6.45, 7) is 7.43. The second-order valence-electron chi connectivity index (χ2n) is 5.57.